The zero-order chi connectivity index (χ0) is 15.9. The summed E-state index contributed by atoms with van der Waals surface area (Å²) < 4.78 is 5.66. The minimum Gasteiger partial charge on any atom is -0.376 e. The first-order chi connectivity index (χ1) is 10.6. The number of piperidine rings is 1. The van der Waals surface area contributed by atoms with Crippen molar-refractivity contribution in [2.75, 3.05) is 46.9 Å². The molecule has 2 heterocycles. The first-order valence-electron chi connectivity index (χ1n) is 8.41. The Balaban J connectivity index is 0.00000264. The van der Waals surface area contributed by atoms with Crippen molar-refractivity contribution < 1.29 is 9.53 Å². The highest BCUT2D eigenvalue weighted by atomic mass is 127. The van der Waals surface area contributed by atoms with Crippen molar-refractivity contribution in [3.8, 4) is 0 Å². The Morgan fingerprint density at radius 2 is 2.00 bits per heavy atom. The van der Waals surface area contributed by atoms with Crippen molar-refractivity contribution in [3.63, 3.8) is 0 Å². The SMILES string of the molecule is CC1CCN(C(=NCC(=O)N(C)C)NCC2CCCO2)CC1.I. The molecule has 0 bridgehead atoms. The van der Waals surface area contributed by atoms with Gasteiger partial charge in [-0.2, -0.15) is 0 Å². The van der Waals surface area contributed by atoms with Crippen LogP contribution in [0.4, 0.5) is 0 Å². The number of nitrogens with zero attached hydrogens (tertiary/aromatic N) is 3. The van der Waals surface area contributed by atoms with E-state index in [0.29, 0.717) is 0 Å². The van der Waals surface area contributed by atoms with Gasteiger partial charge in [-0.1, -0.05) is 6.92 Å². The van der Waals surface area contributed by atoms with E-state index in [1.807, 2.05) is 0 Å². The Labute approximate surface area is 157 Å². The number of carbonyl (C=O) groups is 1. The van der Waals surface area contributed by atoms with Gasteiger partial charge in [0.05, 0.1) is 6.10 Å². The maximum absolute atomic E-state index is 11.8. The predicted octanol–water partition coefficient (Wildman–Crippen LogP) is 1.55. The van der Waals surface area contributed by atoms with Gasteiger partial charge in [0.1, 0.15) is 6.54 Å². The van der Waals surface area contributed by atoms with Crippen LogP contribution in [0.2, 0.25) is 0 Å². The second-order valence-corrected chi connectivity index (χ2v) is 6.61. The normalized spacial score (nSPS) is 22.7. The van der Waals surface area contributed by atoms with Crippen molar-refractivity contribution >= 4 is 35.8 Å². The Morgan fingerprint density at radius 3 is 2.57 bits per heavy atom. The number of likely N-dealkylation sites (N-methyl/N-ethyl adjacent to an activating group) is 1. The summed E-state index contributed by atoms with van der Waals surface area (Å²) in [6.45, 7) is 6.15. The molecule has 1 N–H and O–H groups in total. The van der Waals surface area contributed by atoms with Gasteiger partial charge in [0.15, 0.2) is 5.96 Å². The number of halogens is 1. The second-order valence-electron chi connectivity index (χ2n) is 6.61. The molecule has 2 fully saturated rings. The second kappa shape index (κ2) is 10.3. The molecule has 0 saturated carbocycles. The van der Waals surface area contributed by atoms with Crippen molar-refractivity contribution in [1.29, 1.82) is 0 Å². The van der Waals surface area contributed by atoms with Crippen LogP contribution in [0.3, 0.4) is 0 Å². The van der Waals surface area contributed by atoms with Crippen molar-refractivity contribution in [1.82, 2.24) is 15.1 Å². The molecular formula is C16H31IN4O2. The molecule has 0 radical (unpaired) electrons. The molecule has 2 aliphatic rings. The Bertz CT molecular complexity index is 390. The van der Waals surface area contributed by atoms with Crippen LogP contribution in [0, 0.1) is 5.92 Å². The van der Waals surface area contributed by atoms with Gasteiger partial charge in [-0.05, 0) is 31.6 Å². The van der Waals surface area contributed by atoms with E-state index in [4.69, 9.17) is 4.74 Å². The molecule has 0 aromatic rings. The number of carbonyl (C=O) groups excluding carboxylic acids is 1. The topological polar surface area (TPSA) is 57.2 Å². The maximum Gasteiger partial charge on any atom is 0.243 e. The number of ether oxygens (including phenoxy) is 1. The molecule has 1 unspecified atom stereocenters. The van der Waals surface area contributed by atoms with E-state index in [2.05, 4.69) is 22.1 Å². The number of likely N-dealkylation sites (tertiary alicyclic amines) is 1. The van der Waals surface area contributed by atoms with Crippen LogP contribution in [-0.2, 0) is 9.53 Å². The number of guanidine groups is 1. The highest BCUT2D eigenvalue weighted by Gasteiger charge is 2.21. The summed E-state index contributed by atoms with van der Waals surface area (Å²) in [5, 5.41) is 3.42. The van der Waals surface area contributed by atoms with E-state index >= 15 is 0 Å². The lowest BCUT2D eigenvalue weighted by Gasteiger charge is -2.33. The Kier molecular flexibility index (Phi) is 9.19. The van der Waals surface area contributed by atoms with Gasteiger partial charge in [-0.15, -0.1) is 24.0 Å². The van der Waals surface area contributed by atoms with E-state index in [9.17, 15) is 4.79 Å². The fourth-order valence-corrected chi connectivity index (χ4v) is 2.78. The van der Waals surface area contributed by atoms with Gasteiger partial charge in [-0.25, -0.2) is 4.99 Å². The van der Waals surface area contributed by atoms with Gasteiger partial charge in [0.25, 0.3) is 0 Å². The molecule has 2 rings (SSSR count). The Hall–Kier alpha value is -0.570. The number of hydrogen-bond donors (Lipinski definition) is 1. The first-order valence-corrected chi connectivity index (χ1v) is 8.41. The summed E-state index contributed by atoms with van der Waals surface area (Å²) >= 11 is 0. The minimum absolute atomic E-state index is 0. The van der Waals surface area contributed by atoms with Gasteiger partial charge in [0, 0.05) is 40.3 Å². The van der Waals surface area contributed by atoms with Crippen LogP contribution in [0.15, 0.2) is 4.99 Å². The van der Waals surface area contributed by atoms with Crippen LogP contribution in [-0.4, -0.2) is 74.7 Å². The van der Waals surface area contributed by atoms with Crippen LogP contribution in [0.25, 0.3) is 0 Å². The predicted molar refractivity (Wildman–Crippen MR) is 103 cm³/mol. The molecule has 0 aromatic carbocycles. The maximum atomic E-state index is 11.8. The molecule has 0 aromatic heterocycles. The summed E-state index contributed by atoms with van der Waals surface area (Å²) in [4.78, 5) is 20.2. The zero-order valence-corrected chi connectivity index (χ0v) is 16.9. The third-order valence-corrected chi connectivity index (χ3v) is 4.46. The molecule has 23 heavy (non-hydrogen) atoms. The first kappa shape index (κ1) is 20.5. The summed E-state index contributed by atoms with van der Waals surface area (Å²) in [6, 6.07) is 0. The third kappa shape index (κ3) is 6.82. The summed E-state index contributed by atoms with van der Waals surface area (Å²) in [7, 11) is 3.53. The highest BCUT2D eigenvalue weighted by Crippen LogP contribution is 2.16. The lowest BCUT2D eigenvalue weighted by atomic mass is 9.99. The molecule has 6 nitrogen and oxygen atoms in total. The summed E-state index contributed by atoms with van der Waals surface area (Å²) in [6.07, 6.45) is 4.89. The molecule has 1 atom stereocenters. The average Bonchev–Trinajstić information content (AvgIpc) is 3.01. The molecule has 2 aliphatic heterocycles. The molecular weight excluding hydrogens is 407 g/mol. The molecule has 0 aliphatic carbocycles. The van der Waals surface area contributed by atoms with Crippen molar-refractivity contribution in [2.45, 2.75) is 38.7 Å². The largest absolute Gasteiger partial charge is 0.376 e. The van der Waals surface area contributed by atoms with E-state index in [1.54, 1.807) is 19.0 Å². The molecule has 0 spiro atoms. The lowest BCUT2D eigenvalue weighted by Crippen LogP contribution is -2.47. The third-order valence-electron chi connectivity index (χ3n) is 4.46. The molecule has 7 heteroatoms. The number of hydrogen-bond acceptors (Lipinski definition) is 3. The standard InChI is InChI=1S/C16H30N4O2.HI/c1-13-6-8-20(9-7-13)16(18-12-15(21)19(2)3)17-11-14-5-4-10-22-14;/h13-14H,4-12H2,1-3H3,(H,17,18);1H. The summed E-state index contributed by atoms with van der Waals surface area (Å²) in [5.74, 6) is 1.67. The van der Waals surface area contributed by atoms with Gasteiger partial charge < -0.3 is 19.9 Å². The fourth-order valence-electron chi connectivity index (χ4n) is 2.78. The van der Waals surface area contributed by atoms with Crippen LogP contribution in [0.5, 0.6) is 0 Å². The van der Waals surface area contributed by atoms with Crippen molar-refractivity contribution in [2.24, 2.45) is 10.9 Å². The molecule has 134 valence electrons. The monoisotopic (exact) mass is 438 g/mol. The highest BCUT2D eigenvalue weighted by molar-refractivity contribution is 14.0. The van der Waals surface area contributed by atoms with Crippen LogP contribution >= 0.6 is 24.0 Å². The number of aliphatic imine (C=N–C) groups is 1. The molecule has 1 amide bonds. The number of nitrogens with one attached hydrogen (secondary N) is 1. The van der Waals surface area contributed by atoms with Gasteiger partial charge >= 0.3 is 0 Å². The van der Waals surface area contributed by atoms with E-state index in [0.717, 1.165) is 51.0 Å². The number of amides is 1. The molecule has 2 saturated heterocycles. The van der Waals surface area contributed by atoms with E-state index in [-0.39, 0.29) is 42.5 Å². The lowest BCUT2D eigenvalue weighted by molar-refractivity contribution is -0.127. The fraction of sp³-hybridized carbons (Fsp3) is 0.875. The summed E-state index contributed by atoms with van der Waals surface area (Å²) in [5.41, 5.74) is 0. The van der Waals surface area contributed by atoms with Gasteiger partial charge in [0.2, 0.25) is 5.91 Å². The smallest absolute Gasteiger partial charge is 0.243 e. The van der Waals surface area contributed by atoms with Crippen LogP contribution in [0.1, 0.15) is 32.6 Å². The average molecular weight is 438 g/mol. The van der Waals surface area contributed by atoms with Crippen molar-refractivity contribution in [3.05, 3.63) is 0 Å². The minimum atomic E-state index is 0. The zero-order valence-electron chi connectivity index (χ0n) is 14.6. The number of rotatable bonds is 4. The van der Waals surface area contributed by atoms with Gasteiger partial charge in [-0.3, -0.25) is 4.79 Å². The quantitative estimate of drug-likeness (QED) is 0.411. The van der Waals surface area contributed by atoms with E-state index < -0.39 is 0 Å². The Morgan fingerprint density at radius 1 is 1.30 bits per heavy atom. The van der Waals surface area contributed by atoms with E-state index in [1.165, 1.54) is 12.8 Å². The van der Waals surface area contributed by atoms with Crippen LogP contribution < -0.4 is 5.32 Å².